The van der Waals surface area contributed by atoms with Crippen LogP contribution >= 0.6 is 0 Å². The molecule has 0 aromatic heterocycles. The molecule has 2 aliphatic rings. The van der Waals surface area contributed by atoms with Crippen molar-refractivity contribution >= 4 is 5.91 Å². The van der Waals surface area contributed by atoms with Crippen LogP contribution in [0.5, 0.6) is 0 Å². The van der Waals surface area contributed by atoms with E-state index in [1.807, 2.05) is 11.8 Å². The normalized spacial score (nSPS) is 25.0. The number of amides is 1. The van der Waals surface area contributed by atoms with E-state index in [0.29, 0.717) is 19.3 Å². The summed E-state index contributed by atoms with van der Waals surface area (Å²) in [6, 6.07) is 0.361. The lowest BCUT2D eigenvalue weighted by Crippen LogP contribution is -2.52. The summed E-state index contributed by atoms with van der Waals surface area (Å²) in [4.78, 5) is 14.3. The van der Waals surface area contributed by atoms with Gasteiger partial charge in [-0.25, -0.2) is 0 Å². The van der Waals surface area contributed by atoms with E-state index in [0.717, 1.165) is 19.0 Å². The minimum atomic E-state index is -0.0775. The number of hydrogen-bond acceptors (Lipinski definition) is 3. The van der Waals surface area contributed by atoms with Crippen LogP contribution in [0.25, 0.3) is 0 Å². The van der Waals surface area contributed by atoms with Crippen molar-refractivity contribution in [3.8, 4) is 0 Å². The fourth-order valence-corrected chi connectivity index (χ4v) is 3.47. The molecule has 0 aromatic carbocycles. The Morgan fingerprint density at radius 1 is 1.10 bits per heavy atom. The molecule has 2 fully saturated rings. The second kappa shape index (κ2) is 7.99. The second-order valence-corrected chi connectivity index (χ2v) is 6.37. The lowest BCUT2D eigenvalue weighted by atomic mass is 9.92. The Labute approximate surface area is 123 Å². The molecule has 1 saturated heterocycles. The smallest absolute Gasteiger partial charge is 0.239 e. The molecule has 116 valence electrons. The van der Waals surface area contributed by atoms with E-state index in [1.165, 1.54) is 38.5 Å². The molecule has 0 spiro atoms. The zero-order valence-corrected chi connectivity index (χ0v) is 13.1. The van der Waals surface area contributed by atoms with E-state index in [-0.39, 0.29) is 11.9 Å². The van der Waals surface area contributed by atoms with Gasteiger partial charge in [0.2, 0.25) is 5.91 Å². The van der Waals surface area contributed by atoms with Gasteiger partial charge in [0.25, 0.3) is 0 Å². The zero-order chi connectivity index (χ0) is 14.4. The van der Waals surface area contributed by atoms with Crippen LogP contribution in [0.1, 0.15) is 52.4 Å². The maximum atomic E-state index is 12.4. The fourth-order valence-electron chi connectivity index (χ4n) is 3.47. The van der Waals surface area contributed by atoms with Crippen molar-refractivity contribution in [2.45, 2.75) is 64.5 Å². The third kappa shape index (κ3) is 4.45. The average molecular weight is 282 g/mol. The highest BCUT2D eigenvalue weighted by atomic mass is 16.5. The van der Waals surface area contributed by atoms with Crippen LogP contribution in [0.3, 0.4) is 0 Å². The Bertz CT molecular complexity index is 295. The molecule has 4 nitrogen and oxygen atoms in total. The van der Waals surface area contributed by atoms with Gasteiger partial charge in [-0.3, -0.25) is 4.79 Å². The summed E-state index contributed by atoms with van der Waals surface area (Å²) in [7, 11) is 0. The molecule has 2 rings (SSSR count). The van der Waals surface area contributed by atoms with E-state index >= 15 is 0 Å². The Hall–Kier alpha value is -0.610. The van der Waals surface area contributed by atoms with Crippen molar-refractivity contribution in [3.05, 3.63) is 0 Å². The highest BCUT2D eigenvalue weighted by Crippen LogP contribution is 2.25. The van der Waals surface area contributed by atoms with Gasteiger partial charge in [0.05, 0.1) is 19.3 Å². The van der Waals surface area contributed by atoms with Gasteiger partial charge >= 0.3 is 0 Å². The minimum Gasteiger partial charge on any atom is -0.378 e. The molecular formula is C16H30N2O2. The van der Waals surface area contributed by atoms with Gasteiger partial charge < -0.3 is 15.0 Å². The molecule has 1 heterocycles. The molecule has 1 N–H and O–H groups in total. The average Bonchev–Trinajstić information content (AvgIpc) is 2.76. The van der Waals surface area contributed by atoms with Crippen molar-refractivity contribution in [1.29, 1.82) is 0 Å². The molecule has 1 unspecified atom stereocenters. The zero-order valence-electron chi connectivity index (χ0n) is 13.1. The number of carbonyl (C=O) groups is 1. The van der Waals surface area contributed by atoms with Crippen molar-refractivity contribution in [2.24, 2.45) is 5.92 Å². The van der Waals surface area contributed by atoms with Crippen molar-refractivity contribution in [1.82, 2.24) is 10.2 Å². The number of hydrogen-bond donors (Lipinski definition) is 1. The van der Waals surface area contributed by atoms with Crippen molar-refractivity contribution in [3.63, 3.8) is 0 Å². The first-order chi connectivity index (χ1) is 9.68. The van der Waals surface area contributed by atoms with E-state index in [4.69, 9.17) is 4.74 Å². The van der Waals surface area contributed by atoms with E-state index in [9.17, 15) is 4.79 Å². The quantitative estimate of drug-likeness (QED) is 0.804. The van der Waals surface area contributed by atoms with Crippen LogP contribution in [0.2, 0.25) is 0 Å². The number of rotatable bonds is 4. The first-order valence-corrected chi connectivity index (χ1v) is 8.31. The predicted octanol–water partition coefficient (Wildman–Crippen LogP) is 2.18. The summed E-state index contributed by atoms with van der Waals surface area (Å²) in [5, 5.41) is 3.54. The maximum Gasteiger partial charge on any atom is 0.239 e. The van der Waals surface area contributed by atoms with Crippen LogP contribution in [0.15, 0.2) is 0 Å². The van der Waals surface area contributed by atoms with Gasteiger partial charge in [-0.15, -0.1) is 0 Å². The van der Waals surface area contributed by atoms with E-state index in [1.54, 1.807) is 0 Å². The second-order valence-electron chi connectivity index (χ2n) is 6.37. The van der Waals surface area contributed by atoms with Gasteiger partial charge in [-0.05, 0) is 32.6 Å². The third-order valence-corrected chi connectivity index (χ3v) is 4.81. The topological polar surface area (TPSA) is 41.6 Å². The van der Waals surface area contributed by atoms with Gasteiger partial charge in [-0.1, -0.05) is 25.7 Å². The standard InChI is InChI=1S/C16H30N2O2/c1-13(15-7-5-3-4-6-8-15)17-14(2)16(19)18-9-11-20-12-10-18/h13-15,17H,3-12H2,1-2H3/t13-,14?/m0/s1. The third-order valence-electron chi connectivity index (χ3n) is 4.81. The van der Waals surface area contributed by atoms with Crippen LogP contribution in [-0.2, 0) is 9.53 Å². The maximum absolute atomic E-state index is 12.4. The molecule has 1 aliphatic carbocycles. The van der Waals surface area contributed by atoms with Crippen LogP contribution < -0.4 is 5.32 Å². The number of morpholine rings is 1. The first-order valence-electron chi connectivity index (χ1n) is 8.31. The lowest BCUT2D eigenvalue weighted by Gasteiger charge is -2.32. The van der Waals surface area contributed by atoms with Gasteiger partial charge in [0.1, 0.15) is 0 Å². The Kier molecular flexibility index (Phi) is 6.30. The van der Waals surface area contributed by atoms with Gasteiger partial charge in [-0.2, -0.15) is 0 Å². The van der Waals surface area contributed by atoms with E-state index in [2.05, 4.69) is 12.2 Å². The number of carbonyl (C=O) groups excluding carboxylic acids is 1. The van der Waals surface area contributed by atoms with Crippen molar-refractivity contribution in [2.75, 3.05) is 26.3 Å². The molecule has 0 radical (unpaired) electrons. The van der Waals surface area contributed by atoms with Gasteiger partial charge in [0, 0.05) is 19.1 Å². The van der Waals surface area contributed by atoms with Crippen LogP contribution in [0, 0.1) is 5.92 Å². The van der Waals surface area contributed by atoms with Crippen LogP contribution in [-0.4, -0.2) is 49.2 Å². The summed E-state index contributed by atoms with van der Waals surface area (Å²) in [6.45, 7) is 7.09. The molecule has 4 heteroatoms. The number of ether oxygens (including phenoxy) is 1. The highest BCUT2D eigenvalue weighted by molar-refractivity contribution is 5.81. The SMILES string of the molecule is CC(N[C@@H](C)C1CCCCCC1)C(=O)N1CCOCC1. The Balaban J connectivity index is 1.79. The summed E-state index contributed by atoms with van der Waals surface area (Å²) in [6.07, 6.45) is 8.08. The predicted molar refractivity (Wildman–Crippen MR) is 80.7 cm³/mol. The van der Waals surface area contributed by atoms with Gasteiger partial charge in [0.15, 0.2) is 0 Å². The lowest BCUT2D eigenvalue weighted by molar-refractivity contribution is -0.137. The highest BCUT2D eigenvalue weighted by Gasteiger charge is 2.26. The molecule has 20 heavy (non-hydrogen) atoms. The summed E-state index contributed by atoms with van der Waals surface area (Å²) < 4.78 is 5.31. The first kappa shape index (κ1) is 15.8. The molecule has 1 saturated carbocycles. The molecule has 1 aliphatic heterocycles. The molecular weight excluding hydrogens is 252 g/mol. The van der Waals surface area contributed by atoms with E-state index < -0.39 is 0 Å². The summed E-state index contributed by atoms with van der Waals surface area (Å²) in [5.41, 5.74) is 0. The largest absolute Gasteiger partial charge is 0.378 e. The fraction of sp³-hybridized carbons (Fsp3) is 0.938. The summed E-state index contributed by atoms with van der Waals surface area (Å²) in [5.74, 6) is 0.964. The number of nitrogens with zero attached hydrogens (tertiary/aromatic N) is 1. The molecule has 2 atom stereocenters. The van der Waals surface area contributed by atoms with Crippen LogP contribution in [0.4, 0.5) is 0 Å². The number of nitrogens with one attached hydrogen (secondary N) is 1. The monoisotopic (exact) mass is 282 g/mol. The minimum absolute atomic E-state index is 0.0775. The summed E-state index contributed by atoms with van der Waals surface area (Å²) >= 11 is 0. The Morgan fingerprint density at radius 3 is 2.30 bits per heavy atom. The molecule has 1 amide bonds. The molecule has 0 bridgehead atoms. The Morgan fingerprint density at radius 2 is 1.70 bits per heavy atom. The van der Waals surface area contributed by atoms with Crippen molar-refractivity contribution < 1.29 is 9.53 Å². The molecule has 0 aromatic rings.